The lowest BCUT2D eigenvalue weighted by atomic mass is 9.93. The van der Waals surface area contributed by atoms with Crippen molar-refractivity contribution in [2.45, 2.75) is 0 Å². The summed E-state index contributed by atoms with van der Waals surface area (Å²) in [4.78, 5) is 16.0. The van der Waals surface area contributed by atoms with E-state index < -0.39 is 0 Å². The van der Waals surface area contributed by atoms with Crippen LogP contribution in [-0.4, -0.2) is 24.1 Å². The highest BCUT2D eigenvalue weighted by Gasteiger charge is 2.23. The molecule has 10 aromatic carbocycles. The lowest BCUT2D eigenvalue weighted by molar-refractivity contribution is 1.08. The molecule has 0 spiro atoms. The van der Waals surface area contributed by atoms with Crippen molar-refractivity contribution >= 4 is 65.2 Å². The first-order valence-corrected chi connectivity index (χ1v) is 21.7. The Kier molecular flexibility index (Phi) is 8.15. The maximum atomic E-state index is 5.43. The van der Waals surface area contributed by atoms with E-state index in [0.717, 1.165) is 77.4 Å². The molecule has 5 heteroatoms. The van der Waals surface area contributed by atoms with Gasteiger partial charge in [0.15, 0.2) is 17.5 Å². The summed E-state index contributed by atoms with van der Waals surface area (Å²) in [6.45, 7) is 0. The molecule has 13 rings (SSSR count). The second kappa shape index (κ2) is 14.5. The van der Waals surface area contributed by atoms with Crippen LogP contribution in [0.15, 0.2) is 224 Å². The molecule has 5 nitrogen and oxygen atoms in total. The molecule has 0 N–H and O–H groups in total. The normalized spacial score (nSPS) is 11.8. The van der Waals surface area contributed by atoms with Crippen LogP contribution in [0.3, 0.4) is 0 Å². The molecule has 0 aliphatic heterocycles. The van der Waals surface area contributed by atoms with Crippen molar-refractivity contribution < 1.29 is 0 Å². The first kappa shape index (κ1) is 36.0. The number of rotatable bonds is 6. The van der Waals surface area contributed by atoms with Crippen molar-refractivity contribution in [1.29, 1.82) is 0 Å². The zero-order valence-corrected chi connectivity index (χ0v) is 34.6. The Balaban J connectivity index is 1.09. The van der Waals surface area contributed by atoms with E-state index in [4.69, 9.17) is 15.0 Å². The molecule has 13 aromatic rings. The minimum atomic E-state index is 0.615. The van der Waals surface area contributed by atoms with Gasteiger partial charge in [0.05, 0.1) is 27.8 Å². The van der Waals surface area contributed by atoms with Crippen molar-refractivity contribution in [3.8, 4) is 56.7 Å². The van der Waals surface area contributed by atoms with Crippen LogP contribution in [0.2, 0.25) is 0 Å². The summed E-state index contributed by atoms with van der Waals surface area (Å²) in [7, 11) is 0. The predicted octanol–water partition coefficient (Wildman–Crippen LogP) is 15.0. The Bertz CT molecular complexity index is 3940. The predicted molar refractivity (Wildman–Crippen MR) is 265 cm³/mol. The molecule has 0 aliphatic carbocycles. The second-order valence-corrected chi connectivity index (χ2v) is 16.4. The number of nitrogens with zero attached hydrogens (tertiary/aromatic N) is 5. The summed E-state index contributed by atoms with van der Waals surface area (Å²) >= 11 is 0. The third-order valence-corrected chi connectivity index (χ3v) is 12.7. The van der Waals surface area contributed by atoms with E-state index in [1.54, 1.807) is 0 Å². The fourth-order valence-electron chi connectivity index (χ4n) is 9.83. The average Bonchev–Trinajstić information content (AvgIpc) is 3.87. The summed E-state index contributed by atoms with van der Waals surface area (Å²) in [6.07, 6.45) is 0. The largest absolute Gasteiger partial charge is 0.309 e. The SMILES string of the molecule is c1ccc(-c2nc(-c3ccc4c(c3)c3ccccc3n4-c3ccccc3)nc(-c3cc(-c4ccccc4)c(-n4c5ccccc5c5cc6ccccc6cc54)c4ccccc34)n2)cc1. The van der Waals surface area contributed by atoms with Crippen LogP contribution >= 0.6 is 0 Å². The van der Waals surface area contributed by atoms with E-state index in [1.165, 1.54) is 26.9 Å². The fourth-order valence-corrected chi connectivity index (χ4v) is 9.83. The molecule has 0 amide bonds. The highest BCUT2D eigenvalue weighted by molar-refractivity contribution is 6.16. The van der Waals surface area contributed by atoms with Gasteiger partial charge in [0, 0.05) is 54.9 Å². The molecule has 298 valence electrons. The van der Waals surface area contributed by atoms with Gasteiger partial charge in [-0.15, -0.1) is 0 Å². The van der Waals surface area contributed by atoms with Crippen LogP contribution in [-0.2, 0) is 0 Å². The number of hydrogen-bond donors (Lipinski definition) is 0. The summed E-state index contributed by atoms with van der Waals surface area (Å²) in [6, 6.07) is 79.9. The van der Waals surface area contributed by atoms with Gasteiger partial charge in [-0.1, -0.05) is 164 Å². The van der Waals surface area contributed by atoms with Crippen LogP contribution < -0.4 is 0 Å². The van der Waals surface area contributed by atoms with Crippen molar-refractivity contribution in [3.05, 3.63) is 224 Å². The van der Waals surface area contributed by atoms with E-state index >= 15 is 0 Å². The van der Waals surface area contributed by atoms with Crippen LogP contribution in [0.4, 0.5) is 0 Å². The zero-order chi connectivity index (χ0) is 42.1. The van der Waals surface area contributed by atoms with Crippen LogP contribution in [0.1, 0.15) is 0 Å². The smallest absolute Gasteiger partial charge is 0.164 e. The molecule has 0 saturated heterocycles. The molecule has 0 saturated carbocycles. The molecule has 0 radical (unpaired) electrons. The van der Waals surface area contributed by atoms with Crippen LogP contribution in [0.5, 0.6) is 0 Å². The Morgan fingerprint density at radius 2 is 0.766 bits per heavy atom. The van der Waals surface area contributed by atoms with Crippen molar-refractivity contribution in [2.75, 3.05) is 0 Å². The molecule has 0 fully saturated rings. The minimum absolute atomic E-state index is 0.615. The van der Waals surface area contributed by atoms with Gasteiger partial charge in [-0.3, -0.25) is 0 Å². The molecule has 0 bridgehead atoms. The van der Waals surface area contributed by atoms with Crippen LogP contribution in [0, 0.1) is 0 Å². The number of aromatic nitrogens is 5. The van der Waals surface area contributed by atoms with E-state index in [9.17, 15) is 0 Å². The van der Waals surface area contributed by atoms with Gasteiger partial charge >= 0.3 is 0 Å². The summed E-state index contributed by atoms with van der Waals surface area (Å²) in [5, 5.41) is 9.34. The number of para-hydroxylation sites is 3. The lowest BCUT2D eigenvalue weighted by Gasteiger charge is -2.20. The first-order valence-electron chi connectivity index (χ1n) is 21.7. The molecule has 0 atom stereocenters. The Morgan fingerprint density at radius 1 is 0.266 bits per heavy atom. The quantitative estimate of drug-likeness (QED) is 0.168. The number of fused-ring (bicyclic) bond motifs is 8. The number of hydrogen-bond acceptors (Lipinski definition) is 3. The van der Waals surface area contributed by atoms with E-state index in [-0.39, 0.29) is 0 Å². The van der Waals surface area contributed by atoms with Gasteiger partial charge in [-0.25, -0.2) is 15.0 Å². The lowest BCUT2D eigenvalue weighted by Crippen LogP contribution is -2.03. The standard InChI is InChI=1S/C59H37N5/c1-4-18-38(19-5-1)48-37-51(44-26-12-13-29-47(44)56(48)64-53-31-17-15-28-46(53)50-34-40-22-10-11-23-41(40)36-55(50)64)59-61-57(39-20-6-2-7-21-39)60-58(62-59)42-32-33-54-49(35-42)45-27-14-16-30-52(45)63(54)43-24-8-3-9-25-43/h1-37H. The minimum Gasteiger partial charge on any atom is -0.309 e. The Hall–Kier alpha value is -8.67. The maximum absolute atomic E-state index is 5.43. The highest BCUT2D eigenvalue weighted by Crippen LogP contribution is 2.44. The summed E-state index contributed by atoms with van der Waals surface area (Å²) < 4.78 is 4.81. The third kappa shape index (κ3) is 5.68. The van der Waals surface area contributed by atoms with Crippen molar-refractivity contribution in [1.82, 2.24) is 24.1 Å². The summed E-state index contributed by atoms with van der Waals surface area (Å²) in [5.41, 5.74) is 11.8. The molecule has 0 aliphatic rings. The molecule has 0 unspecified atom stereocenters. The number of benzene rings is 10. The van der Waals surface area contributed by atoms with E-state index in [0.29, 0.717) is 17.5 Å². The van der Waals surface area contributed by atoms with E-state index in [2.05, 4.69) is 215 Å². The monoisotopic (exact) mass is 815 g/mol. The van der Waals surface area contributed by atoms with Crippen molar-refractivity contribution in [3.63, 3.8) is 0 Å². The van der Waals surface area contributed by atoms with Gasteiger partial charge in [0.1, 0.15) is 0 Å². The van der Waals surface area contributed by atoms with Gasteiger partial charge in [-0.2, -0.15) is 0 Å². The molecular weight excluding hydrogens is 779 g/mol. The van der Waals surface area contributed by atoms with Crippen LogP contribution in [0.25, 0.3) is 122 Å². The zero-order valence-electron chi connectivity index (χ0n) is 34.6. The Morgan fingerprint density at radius 3 is 1.47 bits per heavy atom. The fraction of sp³-hybridized carbons (Fsp3) is 0. The molecule has 3 heterocycles. The highest BCUT2D eigenvalue weighted by atomic mass is 15.0. The first-order chi connectivity index (χ1) is 31.7. The molecule has 64 heavy (non-hydrogen) atoms. The van der Waals surface area contributed by atoms with E-state index in [1.807, 2.05) is 18.2 Å². The van der Waals surface area contributed by atoms with Gasteiger partial charge in [-0.05, 0) is 82.4 Å². The average molecular weight is 816 g/mol. The topological polar surface area (TPSA) is 48.5 Å². The van der Waals surface area contributed by atoms with Gasteiger partial charge < -0.3 is 9.13 Å². The van der Waals surface area contributed by atoms with Gasteiger partial charge in [0.2, 0.25) is 0 Å². The molecular formula is C59H37N5. The van der Waals surface area contributed by atoms with Gasteiger partial charge in [0.25, 0.3) is 0 Å². The second-order valence-electron chi connectivity index (χ2n) is 16.4. The maximum Gasteiger partial charge on any atom is 0.164 e. The third-order valence-electron chi connectivity index (χ3n) is 12.7. The Labute approximate surface area is 368 Å². The molecule has 3 aromatic heterocycles. The summed E-state index contributed by atoms with van der Waals surface area (Å²) in [5.74, 6) is 1.85. The van der Waals surface area contributed by atoms with Crippen molar-refractivity contribution in [2.24, 2.45) is 0 Å².